The Morgan fingerprint density at radius 3 is 2.43 bits per heavy atom. The SMILES string of the molecule is CCC(CCO)NC(=O)C(F)=C(C)C. The van der Waals surface area contributed by atoms with Crippen LogP contribution in [-0.4, -0.2) is 23.7 Å². The van der Waals surface area contributed by atoms with E-state index < -0.39 is 11.7 Å². The van der Waals surface area contributed by atoms with Gasteiger partial charge in [0, 0.05) is 12.6 Å². The van der Waals surface area contributed by atoms with Crippen LogP contribution in [0.1, 0.15) is 33.6 Å². The summed E-state index contributed by atoms with van der Waals surface area (Å²) in [5.41, 5.74) is 0.362. The zero-order valence-electron chi connectivity index (χ0n) is 8.93. The van der Waals surface area contributed by atoms with E-state index in [9.17, 15) is 9.18 Å². The molecule has 0 aromatic rings. The second-order valence-electron chi connectivity index (χ2n) is 3.40. The molecule has 0 aliphatic carbocycles. The Hall–Kier alpha value is -0.900. The third-order valence-corrected chi connectivity index (χ3v) is 1.94. The molecule has 82 valence electrons. The molecule has 0 radical (unpaired) electrons. The molecule has 4 heteroatoms. The lowest BCUT2D eigenvalue weighted by molar-refractivity contribution is -0.119. The lowest BCUT2D eigenvalue weighted by Crippen LogP contribution is -2.35. The van der Waals surface area contributed by atoms with Gasteiger partial charge < -0.3 is 10.4 Å². The number of halogens is 1. The van der Waals surface area contributed by atoms with Gasteiger partial charge in [0.2, 0.25) is 0 Å². The maximum absolute atomic E-state index is 13.1. The van der Waals surface area contributed by atoms with Gasteiger partial charge in [-0.25, -0.2) is 4.39 Å². The predicted octanol–water partition coefficient (Wildman–Crippen LogP) is 1.53. The van der Waals surface area contributed by atoms with Gasteiger partial charge in [0.25, 0.3) is 5.91 Å². The summed E-state index contributed by atoms with van der Waals surface area (Å²) in [6, 6.07) is -0.155. The number of hydrogen-bond acceptors (Lipinski definition) is 2. The zero-order valence-corrected chi connectivity index (χ0v) is 8.93. The van der Waals surface area contributed by atoms with Crippen LogP contribution in [0.15, 0.2) is 11.4 Å². The summed E-state index contributed by atoms with van der Waals surface area (Å²) in [6.45, 7) is 4.96. The van der Waals surface area contributed by atoms with E-state index in [1.54, 1.807) is 13.8 Å². The minimum Gasteiger partial charge on any atom is -0.396 e. The second-order valence-corrected chi connectivity index (χ2v) is 3.40. The topological polar surface area (TPSA) is 49.3 Å². The van der Waals surface area contributed by atoms with Gasteiger partial charge in [-0.3, -0.25) is 4.79 Å². The van der Waals surface area contributed by atoms with Crippen molar-refractivity contribution in [1.29, 1.82) is 0 Å². The van der Waals surface area contributed by atoms with Crippen molar-refractivity contribution in [3.63, 3.8) is 0 Å². The van der Waals surface area contributed by atoms with E-state index in [1.807, 2.05) is 6.92 Å². The lowest BCUT2D eigenvalue weighted by atomic mass is 10.1. The first-order chi connectivity index (χ1) is 6.52. The van der Waals surface area contributed by atoms with E-state index >= 15 is 0 Å². The van der Waals surface area contributed by atoms with Gasteiger partial charge in [-0.2, -0.15) is 0 Å². The first-order valence-corrected chi connectivity index (χ1v) is 4.77. The van der Waals surface area contributed by atoms with Gasteiger partial charge in [0.15, 0.2) is 5.83 Å². The maximum atomic E-state index is 13.1. The molecule has 1 unspecified atom stereocenters. The molecule has 0 bridgehead atoms. The van der Waals surface area contributed by atoms with E-state index in [0.29, 0.717) is 18.4 Å². The van der Waals surface area contributed by atoms with Crippen LogP contribution in [0, 0.1) is 0 Å². The van der Waals surface area contributed by atoms with Gasteiger partial charge in [-0.05, 0) is 32.3 Å². The van der Waals surface area contributed by atoms with Crippen LogP contribution in [0.4, 0.5) is 4.39 Å². The van der Waals surface area contributed by atoms with Crippen LogP contribution in [0.3, 0.4) is 0 Å². The van der Waals surface area contributed by atoms with Gasteiger partial charge in [-0.1, -0.05) is 6.92 Å². The molecule has 2 N–H and O–H groups in total. The summed E-state index contributed by atoms with van der Waals surface area (Å²) >= 11 is 0. The fraction of sp³-hybridized carbons (Fsp3) is 0.700. The molecule has 0 fully saturated rings. The van der Waals surface area contributed by atoms with Crippen molar-refractivity contribution < 1.29 is 14.3 Å². The fourth-order valence-corrected chi connectivity index (χ4v) is 1.01. The molecule has 0 saturated carbocycles. The molecule has 1 amide bonds. The molecule has 0 aliphatic heterocycles. The Labute approximate surface area is 84.0 Å². The predicted molar refractivity (Wildman–Crippen MR) is 53.4 cm³/mol. The quantitative estimate of drug-likeness (QED) is 0.666. The lowest BCUT2D eigenvalue weighted by Gasteiger charge is -2.14. The average Bonchev–Trinajstić information content (AvgIpc) is 2.15. The highest BCUT2D eigenvalue weighted by Crippen LogP contribution is 2.06. The van der Waals surface area contributed by atoms with Crippen molar-refractivity contribution in [2.75, 3.05) is 6.61 Å². The highest BCUT2D eigenvalue weighted by atomic mass is 19.1. The monoisotopic (exact) mass is 203 g/mol. The van der Waals surface area contributed by atoms with E-state index in [0.717, 1.165) is 0 Å². The van der Waals surface area contributed by atoms with Crippen LogP contribution >= 0.6 is 0 Å². The Bertz CT molecular complexity index is 222. The highest BCUT2D eigenvalue weighted by Gasteiger charge is 2.14. The molecular weight excluding hydrogens is 185 g/mol. The fourth-order valence-electron chi connectivity index (χ4n) is 1.01. The summed E-state index contributed by atoms with van der Waals surface area (Å²) < 4.78 is 13.1. The number of aliphatic hydroxyl groups excluding tert-OH is 1. The Morgan fingerprint density at radius 1 is 1.50 bits per heavy atom. The molecule has 1 atom stereocenters. The minimum absolute atomic E-state index is 0.00473. The number of carbonyl (C=O) groups excluding carboxylic acids is 1. The van der Waals surface area contributed by atoms with Crippen LogP contribution in [0.25, 0.3) is 0 Å². The number of carbonyl (C=O) groups is 1. The molecule has 14 heavy (non-hydrogen) atoms. The number of aliphatic hydroxyl groups is 1. The van der Waals surface area contributed by atoms with Crippen molar-refractivity contribution in [2.24, 2.45) is 0 Å². The van der Waals surface area contributed by atoms with Crippen LogP contribution in [-0.2, 0) is 4.79 Å². The Balaban J connectivity index is 4.23. The zero-order chi connectivity index (χ0) is 11.1. The average molecular weight is 203 g/mol. The first-order valence-electron chi connectivity index (χ1n) is 4.77. The summed E-state index contributed by atoms with van der Waals surface area (Å²) in [7, 11) is 0. The number of amides is 1. The minimum atomic E-state index is -0.735. The molecule has 0 spiro atoms. The molecule has 3 nitrogen and oxygen atoms in total. The molecule has 0 aromatic heterocycles. The molecule has 0 heterocycles. The van der Waals surface area contributed by atoms with Crippen molar-refractivity contribution in [3.8, 4) is 0 Å². The Morgan fingerprint density at radius 2 is 2.07 bits per heavy atom. The van der Waals surface area contributed by atoms with Gasteiger partial charge >= 0.3 is 0 Å². The van der Waals surface area contributed by atoms with E-state index in [1.165, 1.54) is 0 Å². The normalized spacial score (nSPS) is 12.1. The van der Waals surface area contributed by atoms with Crippen LogP contribution in [0.2, 0.25) is 0 Å². The maximum Gasteiger partial charge on any atom is 0.280 e. The van der Waals surface area contributed by atoms with Gasteiger partial charge in [-0.15, -0.1) is 0 Å². The third-order valence-electron chi connectivity index (χ3n) is 1.94. The van der Waals surface area contributed by atoms with Crippen LogP contribution in [0.5, 0.6) is 0 Å². The molecule has 0 rings (SSSR count). The summed E-state index contributed by atoms with van der Waals surface area (Å²) in [4.78, 5) is 11.2. The van der Waals surface area contributed by atoms with E-state index in [-0.39, 0.29) is 12.6 Å². The molecular formula is C10H18FNO2. The van der Waals surface area contributed by atoms with Crippen molar-refractivity contribution in [3.05, 3.63) is 11.4 Å². The summed E-state index contributed by atoms with van der Waals surface area (Å²) in [6.07, 6.45) is 1.14. The largest absolute Gasteiger partial charge is 0.396 e. The molecule has 0 aliphatic rings. The highest BCUT2D eigenvalue weighted by molar-refractivity contribution is 5.91. The van der Waals surface area contributed by atoms with Crippen LogP contribution < -0.4 is 5.32 Å². The second kappa shape index (κ2) is 6.54. The summed E-state index contributed by atoms with van der Waals surface area (Å²) in [5, 5.41) is 11.2. The number of allylic oxidation sites excluding steroid dienone is 1. The van der Waals surface area contributed by atoms with Crippen molar-refractivity contribution in [2.45, 2.75) is 39.7 Å². The summed E-state index contributed by atoms with van der Waals surface area (Å²) in [5.74, 6) is -1.42. The van der Waals surface area contributed by atoms with E-state index in [2.05, 4.69) is 5.32 Å². The number of rotatable bonds is 5. The molecule has 0 saturated heterocycles. The molecule has 0 aromatic carbocycles. The van der Waals surface area contributed by atoms with Crippen molar-refractivity contribution >= 4 is 5.91 Å². The Kier molecular flexibility index (Phi) is 6.12. The smallest absolute Gasteiger partial charge is 0.280 e. The standard InChI is InChI=1S/C10H18FNO2/c1-4-8(5-6-13)12-10(14)9(11)7(2)3/h8,13H,4-6H2,1-3H3,(H,12,14). The number of nitrogens with one attached hydrogen (secondary N) is 1. The number of hydrogen-bond donors (Lipinski definition) is 2. The van der Waals surface area contributed by atoms with E-state index in [4.69, 9.17) is 5.11 Å². The van der Waals surface area contributed by atoms with Gasteiger partial charge in [0.05, 0.1) is 0 Å². The van der Waals surface area contributed by atoms with Gasteiger partial charge in [0.1, 0.15) is 0 Å². The first kappa shape index (κ1) is 13.1. The van der Waals surface area contributed by atoms with Crippen molar-refractivity contribution in [1.82, 2.24) is 5.32 Å². The third kappa shape index (κ3) is 4.37.